The molecule has 1 aliphatic heterocycles. The average Bonchev–Trinajstić information content (AvgIpc) is 2.92. The van der Waals surface area contributed by atoms with Crippen LogP contribution in [0.15, 0.2) is 24.3 Å². The number of amides is 1. The number of aromatic nitrogens is 2. The van der Waals surface area contributed by atoms with Gasteiger partial charge in [0.15, 0.2) is 0 Å². The topological polar surface area (TPSA) is 56.2 Å². The largest absolute Gasteiger partial charge is 0.381 e. The number of carbonyl (C=O) groups excluding carboxylic acids is 1. The van der Waals surface area contributed by atoms with E-state index in [-0.39, 0.29) is 17.2 Å². The van der Waals surface area contributed by atoms with Gasteiger partial charge in [-0.3, -0.25) is 9.48 Å². The predicted molar refractivity (Wildman–Crippen MR) is 107 cm³/mol. The van der Waals surface area contributed by atoms with E-state index in [1.165, 1.54) is 11.1 Å². The standard InChI is InChI=1S/C22H31N3O2/c1-15-8-6-7-9-19(15)22(10-12-27-13-11-22)14-23-21(26)16(2)20-17(3)24-25(5)18(20)4/h6-9,16H,10-14H2,1-5H3,(H,23,26). The van der Waals surface area contributed by atoms with Crippen molar-refractivity contribution < 1.29 is 9.53 Å². The number of hydrogen-bond donors (Lipinski definition) is 1. The fourth-order valence-electron chi connectivity index (χ4n) is 4.43. The van der Waals surface area contributed by atoms with Crippen LogP contribution >= 0.6 is 0 Å². The third-order valence-electron chi connectivity index (χ3n) is 6.16. The summed E-state index contributed by atoms with van der Waals surface area (Å²) in [6, 6.07) is 8.51. The van der Waals surface area contributed by atoms with Crippen molar-refractivity contribution >= 4 is 5.91 Å². The van der Waals surface area contributed by atoms with Gasteiger partial charge in [0, 0.05) is 43.5 Å². The Morgan fingerprint density at radius 2 is 1.93 bits per heavy atom. The van der Waals surface area contributed by atoms with Crippen LogP contribution in [0, 0.1) is 20.8 Å². The van der Waals surface area contributed by atoms with E-state index >= 15 is 0 Å². The number of hydrogen-bond acceptors (Lipinski definition) is 3. The fraction of sp³-hybridized carbons (Fsp3) is 0.545. The van der Waals surface area contributed by atoms with Crippen molar-refractivity contribution in [2.45, 2.75) is 51.9 Å². The average molecular weight is 370 g/mol. The number of nitrogens with zero attached hydrogens (tertiary/aromatic N) is 2. The summed E-state index contributed by atoms with van der Waals surface area (Å²) in [6.07, 6.45) is 1.86. The first-order chi connectivity index (χ1) is 12.9. The minimum absolute atomic E-state index is 0.0575. The molecule has 1 unspecified atom stereocenters. The van der Waals surface area contributed by atoms with Crippen LogP contribution in [0.5, 0.6) is 0 Å². The Kier molecular flexibility index (Phi) is 5.70. The maximum atomic E-state index is 13.0. The second kappa shape index (κ2) is 7.85. The molecule has 1 atom stereocenters. The molecular weight excluding hydrogens is 338 g/mol. The van der Waals surface area contributed by atoms with E-state index in [9.17, 15) is 4.79 Å². The summed E-state index contributed by atoms with van der Waals surface area (Å²) in [6.45, 7) is 10.2. The number of nitrogens with one attached hydrogen (secondary N) is 1. The van der Waals surface area contributed by atoms with Gasteiger partial charge in [0.2, 0.25) is 5.91 Å². The maximum Gasteiger partial charge on any atom is 0.227 e. The first kappa shape index (κ1) is 19.6. The summed E-state index contributed by atoms with van der Waals surface area (Å²) in [5, 5.41) is 7.71. The van der Waals surface area contributed by atoms with Crippen LogP contribution in [0.4, 0.5) is 0 Å². The monoisotopic (exact) mass is 369 g/mol. The van der Waals surface area contributed by atoms with Crippen LogP contribution in [0.25, 0.3) is 0 Å². The molecular formula is C22H31N3O2. The Morgan fingerprint density at radius 3 is 2.52 bits per heavy atom. The minimum Gasteiger partial charge on any atom is -0.381 e. The van der Waals surface area contributed by atoms with Gasteiger partial charge in [-0.05, 0) is 51.7 Å². The number of aryl methyl sites for hydroxylation is 3. The van der Waals surface area contributed by atoms with Crippen molar-refractivity contribution in [1.82, 2.24) is 15.1 Å². The van der Waals surface area contributed by atoms with E-state index in [0.29, 0.717) is 6.54 Å². The van der Waals surface area contributed by atoms with Gasteiger partial charge in [0.25, 0.3) is 0 Å². The second-order valence-corrected chi connectivity index (χ2v) is 7.86. The summed E-state index contributed by atoms with van der Waals surface area (Å²) in [4.78, 5) is 13.0. The predicted octanol–water partition coefficient (Wildman–Crippen LogP) is 3.31. The molecule has 5 nitrogen and oxygen atoms in total. The third-order valence-corrected chi connectivity index (χ3v) is 6.16. The fourth-order valence-corrected chi connectivity index (χ4v) is 4.43. The highest BCUT2D eigenvalue weighted by molar-refractivity contribution is 5.84. The van der Waals surface area contributed by atoms with Gasteiger partial charge in [0.05, 0.1) is 11.6 Å². The molecule has 27 heavy (non-hydrogen) atoms. The highest BCUT2D eigenvalue weighted by Crippen LogP contribution is 2.36. The third kappa shape index (κ3) is 3.79. The Hall–Kier alpha value is -2.14. The zero-order valence-electron chi connectivity index (χ0n) is 17.1. The van der Waals surface area contributed by atoms with E-state index in [4.69, 9.17) is 4.74 Å². The molecule has 0 bridgehead atoms. The SMILES string of the molecule is Cc1ccccc1C1(CNC(=O)C(C)c2c(C)nn(C)c2C)CCOCC1. The molecule has 3 rings (SSSR count). The maximum absolute atomic E-state index is 13.0. The lowest BCUT2D eigenvalue weighted by Crippen LogP contribution is -2.46. The number of benzene rings is 1. The molecule has 1 amide bonds. The molecule has 0 radical (unpaired) electrons. The van der Waals surface area contributed by atoms with Crippen molar-refractivity contribution in [3.63, 3.8) is 0 Å². The van der Waals surface area contributed by atoms with Crippen LogP contribution in [0.2, 0.25) is 0 Å². The van der Waals surface area contributed by atoms with Crippen molar-refractivity contribution in [1.29, 1.82) is 0 Å². The van der Waals surface area contributed by atoms with Gasteiger partial charge in [0.1, 0.15) is 0 Å². The Labute approximate surface area is 162 Å². The zero-order valence-corrected chi connectivity index (χ0v) is 17.1. The molecule has 0 aliphatic carbocycles. The smallest absolute Gasteiger partial charge is 0.227 e. The summed E-state index contributed by atoms with van der Waals surface area (Å²) >= 11 is 0. The molecule has 1 aliphatic rings. The summed E-state index contributed by atoms with van der Waals surface area (Å²) in [5.41, 5.74) is 5.56. The number of rotatable bonds is 5. The molecule has 0 saturated carbocycles. The van der Waals surface area contributed by atoms with E-state index < -0.39 is 0 Å². The highest BCUT2D eigenvalue weighted by atomic mass is 16.5. The molecule has 2 aromatic rings. The Bertz CT molecular complexity index is 819. The van der Waals surface area contributed by atoms with Gasteiger partial charge < -0.3 is 10.1 Å². The molecule has 1 fully saturated rings. The van der Waals surface area contributed by atoms with E-state index in [2.05, 4.69) is 41.6 Å². The van der Waals surface area contributed by atoms with Crippen molar-refractivity contribution in [3.8, 4) is 0 Å². The van der Waals surface area contributed by atoms with Gasteiger partial charge in [-0.2, -0.15) is 5.10 Å². The minimum atomic E-state index is -0.215. The molecule has 5 heteroatoms. The van der Waals surface area contributed by atoms with Gasteiger partial charge in [-0.1, -0.05) is 24.3 Å². The molecule has 146 valence electrons. The quantitative estimate of drug-likeness (QED) is 0.880. The zero-order chi connectivity index (χ0) is 19.6. The lowest BCUT2D eigenvalue weighted by Gasteiger charge is -2.39. The number of ether oxygens (including phenoxy) is 1. The molecule has 2 heterocycles. The molecule has 1 N–H and O–H groups in total. The van der Waals surface area contributed by atoms with Crippen molar-refractivity contribution in [3.05, 3.63) is 52.3 Å². The summed E-state index contributed by atoms with van der Waals surface area (Å²) < 4.78 is 7.47. The van der Waals surface area contributed by atoms with Crippen LogP contribution in [0.3, 0.4) is 0 Å². The molecule has 1 aromatic heterocycles. The molecule has 1 saturated heterocycles. The molecule has 0 spiro atoms. The van der Waals surface area contributed by atoms with E-state index in [0.717, 1.165) is 43.0 Å². The van der Waals surface area contributed by atoms with Crippen LogP contribution in [0.1, 0.15) is 53.8 Å². The van der Waals surface area contributed by atoms with Crippen molar-refractivity contribution in [2.75, 3.05) is 19.8 Å². The van der Waals surface area contributed by atoms with E-state index in [1.807, 2.05) is 32.5 Å². The summed E-state index contributed by atoms with van der Waals surface area (Å²) in [7, 11) is 1.92. The van der Waals surface area contributed by atoms with Crippen LogP contribution in [-0.4, -0.2) is 35.4 Å². The first-order valence-electron chi connectivity index (χ1n) is 9.77. The lowest BCUT2D eigenvalue weighted by atomic mass is 9.72. The normalized spacial score (nSPS) is 17.5. The van der Waals surface area contributed by atoms with Crippen molar-refractivity contribution in [2.24, 2.45) is 7.05 Å². The highest BCUT2D eigenvalue weighted by Gasteiger charge is 2.36. The number of carbonyl (C=O) groups is 1. The Balaban J connectivity index is 1.79. The Morgan fingerprint density at radius 1 is 1.26 bits per heavy atom. The molecule has 1 aromatic carbocycles. The summed E-state index contributed by atoms with van der Waals surface area (Å²) in [5.74, 6) is -0.152. The van der Waals surface area contributed by atoms with Gasteiger partial charge in [-0.15, -0.1) is 0 Å². The van der Waals surface area contributed by atoms with Crippen LogP contribution in [-0.2, 0) is 22.0 Å². The first-order valence-corrected chi connectivity index (χ1v) is 9.77. The van der Waals surface area contributed by atoms with Gasteiger partial charge in [-0.25, -0.2) is 0 Å². The van der Waals surface area contributed by atoms with Crippen LogP contribution < -0.4 is 5.32 Å². The van der Waals surface area contributed by atoms with E-state index in [1.54, 1.807) is 0 Å². The lowest BCUT2D eigenvalue weighted by molar-refractivity contribution is -0.122. The van der Waals surface area contributed by atoms with Gasteiger partial charge >= 0.3 is 0 Å². The second-order valence-electron chi connectivity index (χ2n) is 7.86.